The molecule has 0 aliphatic rings. The Labute approximate surface area is 166 Å². The van der Waals surface area contributed by atoms with Gasteiger partial charge in [-0.1, -0.05) is 12.1 Å². The SMILES string of the molecule is Cc1cccc(N(N)C(=O)N(C)N)c1COc1c(F)c(F)c(Br)c(CF)c1F. The van der Waals surface area contributed by atoms with Crippen LogP contribution in [0.4, 0.5) is 28.0 Å². The third-order valence-corrected chi connectivity index (χ3v) is 4.79. The number of aryl methyl sites for hydroxylation is 1. The number of amides is 2. The van der Waals surface area contributed by atoms with Gasteiger partial charge in [-0.25, -0.2) is 34.7 Å². The Morgan fingerprint density at radius 2 is 1.79 bits per heavy atom. The zero-order chi connectivity index (χ0) is 21.2. The van der Waals surface area contributed by atoms with Gasteiger partial charge in [0, 0.05) is 18.2 Å². The molecule has 0 radical (unpaired) electrons. The van der Waals surface area contributed by atoms with Crippen LogP contribution in [0, 0.1) is 24.4 Å². The number of hydrazine groups is 2. The van der Waals surface area contributed by atoms with Crippen LogP contribution < -0.4 is 21.4 Å². The van der Waals surface area contributed by atoms with Crippen molar-refractivity contribution in [1.82, 2.24) is 5.01 Å². The molecule has 0 aliphatic carbocycles. The highest BCUT2D eigenvalue weighted by molar-refractivity contribution is 9.10. The van der Waals surface area contributed by atoms with Crippen LogP contribution in [-0.4, -0.2) is 18.1 Å². The van der Waals surface area contributed by atoms with Gasteiger partial charge in [0.05, 0.1) is 10.2 Å². The Kier molecular flexibility index (Phi) is 6.86. The summed E-state index contributed by atoms with van der Waals surface area (Å²) >= 11 is 2.62. The van der Waals surface area contributed by atoms with E-state index in [-0.39, 0.29) is 5.69 Å². The summed E-state index contributed by atoms with van der Waals surface area (Å²) in [5, 5.41) is 1.47. The second-order valence-electron chi connectivity index (χ2n) is 5.82. The van der Waals surface area contributed by atoms with Crippen molar-refractivity contribution in [2.45, 2.75) is 20.2 Å². The van der Waals surface area contributed by atoms with E-state index in [1.165, 1.54) is 13.1 Å². The number of urea groups is 1. The molecule has 4 N–H and O–H groups in total. The number of nitrogens with zero attached hydrogens (tertiary/aromatic N) is 2. The third kappa shape index (κ3) is 4.05. The predicted octanol–water partition coefficient (Wildman–Crippen LogP) is 3.83. The molecule has 28 heavy (non-hydrogen) atoms. The zero-order valence-corrected chi connectivity index (χ0v) is 16.5. The summed E-state index contributed by atoms with van der Waals surface area (Å²) < 4.78 is 59.9. The summed E-state index contributed by atoms with van der Waals surface area (Å²) in [4.78, 5) is 12.0. The number of alkyl halides is 1. The van der Waals surface area contributed by atoms with Gasteiger partial charge in [0.2, 0.25) is 5.82 Å². The minimum Gasteiger partial charge on any atom is -0.483 e. The van der Waals surface area contributed by atoms with Crippen LogP contribution in [0.2, 0.25) is 0 Å². The van der Waals surface area contributed by atoms with Crippen molar-refractivity contribution in [2.75, 3.05) is 12.1 Å². The number of carbonyl (C=O) groups excluding carboxylic acids is 1. The van der Waals surface area contributed by atoms with E-state index in [1.54, 1.807) is 19.1 Å². The second-order valence-corrected chi connectivity index (χ2v) is 6.61. The first kappa shape index (κ1) is 21.9. The van der Waals surface area contributed by atoms with Crippen molar-refractivity contribution in [3.63, 3.8) is 0 Å². The van der Waals surface area contributed by atoms with Gasteiger partial charge < -0.3 is 4.74 Å². The fourth-order valence-corrected chi connectivity index (χ4v) is 2.87. The quantitative estimate of drug-likeness (QED) is 0.176. The Morgan fingerprint density at radius 1 is 1.14 bits per heavy atom. The van der Waals surface area contributed by atoms with E-state index in [9.17, 15) is 22.4 Å². The predicted molar refractivity (Wildman–Crippen MR) is 98.4 cm³/mol. The Bertz CT molecular complexity index is 911. The molecule has 2 rings (SSSR count). The summed E-state index contributed by atoms with van der Waals surface area (Å²) in [6, 6.07) is 3.95. The first-order valence-electron chi connectivity index (χ1n) is 7.81. The molecule has 0 unspecified atom stereocenters. The van der Waals surface area contributed by atoms with Gasteiger partial charge in [0.25, 0.3) is 0 Å². The van der Waals surface area contributed by atoms with E-state index < -0.39 is 52.5 Å². The monoisotopic (exact) mass is 464 g/mol. The summed E-state index contributed by atoms with van der Waals surface area (Å²) in [5.41, 5.74) is 0.319. The molecule has 0 bridgehead atoms. The third-order valence-electron chi connectivity index (χ3n) is 3.96. The Hall–Kier alpha value is -2.37. The summed E-state index contributed by atoms with van der Waals surface area (Å²) in [6.45, 7) is -0.198. The zero-order valence-electron chi connectivity index (χ0n) is 14.9. The molecule has 2 aromatic rings. The fraction of sp³-hybridized carbons (Fsp3) is 0.235. The fourth-order valence-electron chi connectivity index (χ4n) is 2.42. The van der Waals surface area contributed by atoms with Crippen LogP contribution in [0.25, 0.3) is 0 Å². The summed E-state index contributed by atoms with van der Waals surface area (Å²) in [5.74, 6) is 5.62. The standard InChI is InChI=1S/C17H17BrF4N4O2/c1-8-4-3-5-11(26(24)17(27)25(2)23)10(8)7-28-16-13(20)9(6-19)12(18)14(21)15(16)22/h3-5H,6-7,23-24H2,1-2H3. The van der Waals surface area contributed by atoms with E-state index in [4.69, 9.17) is 16.4 Å². The van der Waals surface area contributed by atoms with E-state index in [0.717, 1.165) is 10.0 Å². The van der Waals surface area contributed by atoms with Crippen LogP contribution in [0.15, 0.2) is 22.7 Å². The van der Waals surface area contributed by atoms with E-state index >= 15 is 0 Å². The topological polar surface area (TPSA) is 84.8 Å². The lowest BCUT2D eigenvalue weighted by Gasteiger charge is -2.24. The van der Waals surface area contributed by atoms with Crippen LogP contribution in [0.5, 0.6) is 5.75 Å². The number of halogens is 5. The molecule has 11 heteroatoms. The van der Waals surface area contributed by atoms with Crippen LogP contribution in [0.3, 0.4) is 0 Å². The molecule has 6 nitrogen and oxygen atoms in total. The lowest BCUT2D eigenvalue weighted by atomic mass is 10.1. The number of anilines is 1. The highest BCUT2D eigenvalue weighted by atomic mass is 79.9. The van der Waals surface area contributed by atoms with E-state index in [1.807, 2.05) is 0 Å². The lowest BCUT2D eigenvalue weighted by molar-refractivity contribution is 0.216. The van der Waals surface area contributed by atoms with Gasteiger partial charge in [-0.05, 0) is 34.5 Å². The average molecular weight is 465 g/mol. The lowest BCUT2D eigenvalue weighted by Crippen LogP contribution is -2.49. The van der Waals surface area contributed by atoms with Crippen molar-refractivity contribution >= 4 is 27.6 Å². The maximum absolute atomic E-state index is 14.4. The molecule has 2 aromatic carbocycles. The molecule has 0 saturated carbocycles. The van der Waals surface area contributed by atoms with Gasteiger partial charge in [-0.3, -0.25) is 5.01 Å². The summed E-state index contributed by atoms with van der Waals surface area (Å²) in [6.07, 6.45) is 0. The minimum absolute atomic E-state index is 0.159. The number of benzene rings is 2. The number of carbonyl (C=O) groups is 1. The van der Waals surface area contributed by atoms with Crippen molar-refractivity contribution in [3.8, 4) is 5.75 Å². The van der Waals surface area contributed by atoms with Crippen LogP contribution in [-0.2, 0) is 13.3 Å². The number of nitrogens with two attached hydrogens (primary N) is 2. The van der Waals surface area contributed by atoms with Gasteiger partial charge in [0.15, 0.2) is 17.4 Å². The van der Waals surface area contributed by atoms with Gasteiger partial charge in [0.1, 0.15) is 13.3 Å². The largest absolute Gasteiger partial charge is 0.483 e. The molecular formula is C17H17BrF4N4O2. The molecular weight excluding hydrogens is 448 g/mol. The molecule has 0 fully saturated rings. The Balaban J connectivity index is 2.44. The Morgan fingerprint density at radius 3 is 2.36 bits per heavy atom. The van der Waals surface area contributed by atoms with Crippen LogP contribution in [0.1, 0.15) is 16.7 Å². The number of rotatable bonds is 5. The normalized spacial score (nSPS) is 10.8. The molecule has 0 aliphatic heterocycles. The van der Waals surface area contributed by atoms with Crippen molar-refractivity contribution < 1.29 is 27.1 Å². The molecule has 0 heterocycles. The van der Waals surface area contributed by atoms with E-state index in [2.05, 4.69) is 15.9 Å². The number of ether oxygens (including phenoxy) is 1. The minimum atomic E-state index is -1.61. The molecule has 0 spiro atoms. The molecule has 2 amide bonds. The molecule has 0 aromatic heterocycles. The first-order chi connectivity index (χ1) is 13.1. The molecule has 0 saturated heterocycles. The van der Waals surface area contributed by atoms with Crippen LogP contribution >= 0.6 is 15.9 Å². The van der Waals surface area contributed by atoms with E-state index in [0.29, 0.717) is 11.1 Å². The van der Waals surface area contributed by atoms with Crippen molar-refractivity contribution in [3.05, 3.63) is 56.8 Å². The maximum Gasteiger partial charge on any atom is 0.352 e. The number of hydrogen-bond donors (Lipinski definition) is 2. The van der Waals surface area contributed by atoms with Gasteiger partial charge >= 0.3 is 6.03 Å². The smallest absolute Gasteiger partial charge is 0.352 e. The first-order valence-corrected chi connectivity index (χ1v) is 8.60. The molecule has 152 valence electrons. The highest BCUT2D eigenvalue weighted by Gasteiger charge is 2.26. The maximum atomic E-state index is 14.4. The average Bonchev–Trinajstić information content (AvgIpc) is 2.66. The van der Waals surface area contributed by atoms with Crippen molar-refractivity contribution in [2.24, 2.45) is 11.7 Å². The summed E-state index contributed by atoms with van der Waals surface area (Å²) in [7, 11) is 1.28. The van der Waals surface area contributed by atoms with Gasteiger partial charge in [-0.15, -0.1) is 0 Å². The van der Waals surface area contributed by atoms with Gasteiger partial charge in [-0.2, -0.15) is 4.39 Å². The van der Waals surface area contributed by atoms with Crippen molar-refractivity contribution in [1.29, 1.82) is 0 Å². The highest BCUT2D eigenvalue weighted by Crippen LogP contribution is 2.35. The number of hydrogen-bond acceptors (Lipinski definition) is 4. The molecule has 0 atom stereocenters. The second kappa shape index (κ2) is 8.76.